The molecule has 0 bridgehead atoms. The van der Waals surface area contributed by atoms with Gasteiger partial charge in [0.1, 0.15) is 11.3 Å². The third kappa shape index (κ3) is 4.06. The smallest absolute Gasteiger partial charge is 0.341 e. The van der Waals surface area contributed by atoms with Gasteiger partial charge in [-0.05, 0) is 30.9 Å². The van der Waals surface area contributed by atoms with Gasteiger partial charge in [0.25, 0.3) is 0 Å². The van der Waals surface area contributed by atoms with Gasteiger partial charge in [-0.1, -0.05) is 12.8 Å². The van der Waals surface area contributed by atoms with Crippen molar-refractivity contribution in [3.63, 3.8) is 0 Å². The van der Waals surface area contributed by atoms with E-state index in [0.717, 1.165) is 25.7 Å². The average molecular weight is 356 g/mol. The fourth-order valence-electron chi connectivity index (χ4n) is 3.08. The van der Waals surface area contributed by atoms with Crippen LogP contribution in [0.15, 0.2) is 23.1 Å². The zero-order valence-corrected chi connectivity index (χ0v) is 14.8. The van der Waals surface area contributed by atoms with E-state index >= 15 is 0 Å². The molecule has 7 nitrogen and oxygen atoms in total. The molecule has 0 aliphatic heterocycles. The number of carbonyl (C=O) groups excluding carboxylic acids is 1. The van der Waals surface area contributed by atoms with Crippen molar-refractivity contribution >= 4 is 16.0 Å². The summed E-state index contributed by atoms with van der Waals surface area (Å²) in [6, 6.07) is 3.77. The lowest BCUT2D eigenvalue weighted by molar-refractivity contribution is 0.0597. The van der Waals surface area contributed by atoms with Gasteiger partial charge in [-0.3, -0.25) is 0 Å². The van der Waals surface area contributed by atoms with Crippen LogP contribution in [0, 0.1) is 5.92 Å². The minimum Gasteiger partial charge on any atom is -0.496 e. The SMILES string of the molecule is COC(=O)c1ccc(S(=O)(=O)NC(CN)C2CCCC2)cc1OC. The van der Waals surface area contributed by atoms with Gasteiger partial charge >= 0.3 is 5.97 Å². The Hall–Kier alpha value is -1.64. The maximum Gasteiger partial charge on any atom is 0.341 e. The summed E-state index contributed by atoms with van der Waals surface area (Å²) in [4.78, 5) is 11.7. The van der Waals surface area contributed by atoms with Gasteiger partial charge in [-0.15, -0.1) is 0 Å². The van der Waals surface area contributed by atoms with Crippen molar-refractivity contribution < 1.29 is 22.7 Å². The monoisotopic (exact) mass is 356 g/mol. The van der Waals surface area contributed by atoms with Crippen LogP contribution < -0.4 is 15.2 Å². The van der Waals surface area contributed by atoms with Crippen molar-refractivity contribution in [3.8, 4) is 5.75 Å². The van der Waals surface area contributed by atoms with Crippen LogP contribution in [-0.4, -0.2) is 41.2 Å². The lowest BCUT2D eigenvalue weighted by Gasteiger charge is -2.23. The minimum atomic E-state index is -3.75. The van der Waals surface area contributed by atoms with E-state index in [1.54, 1.807) is 0 Å². The molecule has 2 rings (SSSR count). The van der Waals surface area contributed by atoms with E-state index in [-0.39, 0.29) is 34.7 Å². The molecule has 0 heterocycles. The largest absolute Gasteiger partial charge is 0.496 e. The molecular weight excluding hydrogens is 332 g/mol. The van der Waals surface area contributed by atoms with E-state index in [0.29, 0.717) is 0 Å². The predicted octanol–water partition coefficient (Wildman–Crippen LogP) is 1.28. The first-order valence-electron chi connectivity index (χ1n) is 7.91. The molecule has 1 fully saturated rings. The van der Waals surface area contributed by atoms with Crippen LogP contribution in [0.2, 0.25) is 0 Å². The summed E-state index contributed by atoms with van der Waals surface area (Å²) in [6.45, 7) is 0.251. The number of ether oxygens (including phenoxy) is 2. The Labute approximate surface area is 142 Å². The van der Waals surface area contributed by atoms with Crippen LogP contribution >= 0.6 is 0 Å². The van der Waals surface area contributed by atoms with E-state index in [9.17, 15) is 13.2 Å². The van der Waals surface area contributed by atoms with Gasteiger partial charge in [-0.25, -0.2) is 17.9 Å². The number of esters is 1. The van der Waals surface area contributed by atoms with Crippen molar-refractivity contribution in [1.29, 1.82) is 0 Å². The molecule has 0 amide bonds. The second-order valence-electron chi connectivity index (χ2n) is 5.86. The third-order valence-electron chi connectivity index (χ3n) is 4.42. The first-order valence-corrected chi connectivity index (χ1v) is 9.40. The Morgan fingerprint density at radius 3 is 2.54 bits per heavy atom. The molecule has 134 valence electrons. The van der Waals surface area contributed by atoms with Crippen molar-refractivity contribution in [2.45, 2.75) is 36.6 Å². The van der Waals surface area contributed by atoms with Crippen LogP contribution in [0.5, 0.6) is 5.75 Å². The van der Waals surface area contributed by atoms with Gasteiger partial charge in [0.2, 0.25) is 10.0 Å². The maximum absolute atomic E-state index is 12.6. The summed E-state index contributed by atoms with van der Waals surface area (Å²) in [6.07, 6.45) is 4.17. The van der Waals surface area contributed by atoms with Crippen LogP contribution in [0.4, 0.5) is 0 Å². The second kappa shape index (κ2) is 7.96. The normalized spacial score (nSPS) is 16.8. The quantitative estimate of drug-likeness (QED) is 0.713. The van der Waals surface area contributed by atoms with Crippen LogP contribution in [0.3, 0.4) is 0 Å². The Kier molecular flexibility index (Phi) is 6.20. The average Bonchev–Trinajstić information content (AvgIpc) is 3.12. The molecule has 3 N–H and O–H groups in total. The summed E-state index contributed by atoms with van der Waals surface area (Å²) >= 11 is 0. The molecule has 1 saturated carbocycles. The highest BCUT2D eigenvalue weighted by atomic mass is 32.2. The molecule has 1 aliphatic carbocycles. The second-order valence-corrected chi connectivity index (χ2v) is 7.58. The Bertz CT molecular complexity index is 684. The molecule has 1 aromatic rings. The summed E-state index contributed by atoms with van der Waals surface area (Å²) in [5.74, 6) is -0.176. The minimum absolute atomic E-state index is 0.0310. The fraction of sp³-hybridized carbons (Fsp3) is 0.562. The zero-order chi connectivity index (χ0) is 17.7. The van der Waals surface area contributed by atoms with Crippen LogP contribution in [0.25, 0.3) is 0 Å². The number of methoxy groups -OCH3 is 2. The number of hydrogen-bond acceptors (Lipinski definition) is 6. The van der Waals surface area contributed by atoms with Gasteiger partial charge in [0.05, 0.1) is 19.1 Å². The van der Waals surface area contributed by atoms with Gasteiger partial charge in [-0.2, -0.15) is 0 Å². The number of rotatable bonds is 7. The Balaban J connectivity index is 2.26. The van der Waals surface area contributed by atoms with E-state index in [1.807, 2.05) is 0 Å². The highest BCUT2D eigenvalue weighted by molar-refractivity contribution is 7.89. The molecule has 1 atom stereocenters. The van der Waals surface area contributed by atoms with Crippen molar-refractivity contribution in [2.75, 3.05) is 20.8 Å². The first-order chi connectivity index (χ1) is 11.4. The number of nitrogens with two attached hydrogens (primary N) is 1. The summed E-state index contributed by atoms with van der Waals surface area (Å²) in [5.41, 5.74) is 5.93. The molecule has 0 radical (unpaired) electrons. The first kappa shape index (κ1) is 18.7. The highest BCUT2D eigenvalue weighted by Crippen LogP contribution is 2.29. The summed E-state index contributed by atoms with van der Waals surface area (Å²) in [7, 11) is -1.13. The predicted molar refractivity (Wildman–Crippen MR) is 89.5 cm³/mol. The maximum atomic E-state index is 12.6. The number of nitrogens with one attached hydrogen (secondary N) is 1. The molecular formula is C16H24N2O5S. The lowest BCUT2D eigenvalue weighted by atomic mass is 9.99. The van der Waals surface area contributed by atoms with Gasteiger partial charge < -0.3 is 15.2 Å². The van der Waals surface area contributed by atoms with E-state index in [1.165, 1.54) is 32.4 Å². The Morgan fingerprint density at radius 1 is 1.33 bits per heavy atom. The molecule has 0 aromatic heterocycles. The van der Waals surface area contributed by atoms with Crippen molar-refractivity contribution in [3.05, 3.63) is 23.8 Å². The van der Waals surface area contributed by atoms with Crippen molar-refractivity contribution in [2.24, 2.45) is 11.7 Å². The topological polar surface area (TPSA) is 108 Å². The molecule has 0 spiro atoms. The van der Waals surface area contributed by atoms with E-state index < -0.39 is 16.0 Å². The number of sulfonamides is 1. The molecule has 0 saturated heterocycles. The van der Waals surface area contributed by atoms with Gasteiger partial charge in [0, 0.05) is 18.7 Å². The molecule has 1 aromatic carbocycles. The number of benzene rings is 1. The van der Waals surface area contributed by atoms with Crippen LogP contribution in [0.1, 0.15) is 36.0 Å². The lowest BCUT2D eigenvalue weighted by Crippen LogP contribution is -2.44. The number of carbonyl (C=O) groups is 1. The molecule has 1 aliphatic rings. The fourth-order valence-corrected chi connectivity index (χ4v) is 4.41. The molecule has 8 heteroatoms. The third-order valence-corrected chi connectivity index (χ3v) is 5.91. The van der Waals surface area contributed by atoms with Crippen LogP contribution in [-0.2, 0) is 14.8 Å². The van der Waals surface area contributed by atoms with Gasteiger partial charge in [0.15, 0.2) is 0 Å². The van der Waals surface area contributed by atoms with E-state index in [2.05, 4.69) is 9.46 Å². The highest BCUT2D eigenvalue weighted by Gasteiger charge is 2.29. The summed E-state index contributed by atoms with van der Waals surface area (Å²) in [5, 5.41) is 0. The molecule has 1 unspecified atom stereocenters. The van der Waals surface area contributed by atoms with E-state index in [4.69, 9.17) is 10.5 Å². The summed E-state index contributed by atoms with van der Waals surface area (Å²) < 4.78 is 37.7. The Morgan fingerprint density at radius 2 is 2.00 bits per heavy atom. The molecule has 24 heavy (non-hydrogen) atoms. The van der Waals surface area contributed by atoms with Crippen molar-refractivity contribution in [1.82, 2.24) is 4.72 Å². The zero-order valence-electron chi connectivity index (χ0n) is 13.9. The number of hydrogen-bond donors (Lipinski definition) is 2. The standard InChI is InChI=1S/C16H24N2O5S/c1-22-15-9-12(7-8-13(15)16(19)23-2)24(20,21)18-14(10-17)11-5-3-4-6-11/h7-9,11,14,18H,3-6,10,17H2,1-2H3.